The van der Waals surface area contributed by atoms with Gasteiger partial charge in [-0.3, -0.25) is 4.79 Å². The summed E-state index contributed by atoms with van der Waals surface area (Å²) in [5.74, 6) is -0.685. The van der Waals surface area contributed by atoms with E-state index in [0.717, 1.165) is 0 Å². The molecule has 0 aliphatic carbocycles. The van der Waals surface area contributed by atoms with Gasteiger partial charge in [0.1, 0.15) is 5.82 Å². The lowest BCUT2D eigenvalue weighted by molar-refractivity contribution is 0.0993. The fraction of sp³-hybridized carbons (Fsp3) is 0.0714. The predicted octanol–water partition coefficient (Wildman–Crippen LogP) is 3.99. The average Bonchev–Trinajstić information content (AvgIpc) is 2.43. The third kappa shape index (κ3) is 2.86. The highest BCUT2D eigenvalue weighted by Gasteiger charge is 2.16. The van der Waals surface area contributed by atoms with Gasteiger partial charge in [0, 0.05) is 18.3 Å². The number of carbonyl (C=O) groups is 1. The fourth-order valence-corrected chi connectivity index (χ4v) is 2.05. The number of halogens is 3. The Hall–Kier alpha value is -1.78. The normalized spacial score (nSPS) is 10.4. The van der Waals surface area contributed by atoms with Crippen molar-refractivity contribution in [3.63, 3.8) is 0 Å². The first kappa shape index (κ1) is 14.6. The lowest BCUT2D eigenvalue weighted by atomic mass is 10.1. The predicted molar refractivity (Wildman–Crippen MR) is 80.0 cm³/mol. The van der Waals surface area contributed by atoms with E-state index >= 15 is 0 Å². The summed E-state index contributed by atoms with van der Waals surface area (Å²) in [5.41, 5.74) is 6.78. The van der Waals surface area contributed by atoms with Gasteiger partial charge in [0.05, 0.1) is 15.7 Å². The van der Waals surface area contributed by atoms with Crippen molar-refractivity contribution in [3.8, 4) is 0 Å². The maximum absolute atomic E-state index is 12.9. The Bertz CT molecular complexity index is 636. The van der Waals surface area contributed by atoms with Crippen LogP contribution in [-0.2, 0) is 0 Å². The van der Waals surface area contributed by atoms with Crippen LogP contribution < -0.4 is 10.6 Å². The number of nitrogen functional groups attached to an aromatic ring is 1. The van der Waals surface area contributed by atoms with Crippen molar-refractivity contribution < 1.29 is 9.18 Å². The zero-order valence-electron chi connectivity index (χ0n) is 10.5. The van der Waals surface area contributed by atoms with Gasteiger partial charge < -0.3 is 10.6 Å². The molecule has 0 bridgehead atoms. The number of rotatable bonds is 2. The minimum Gasteiger partial charge on any atom is -0.397 e. The maximum Gasteiger partial charge on any atom is 0.258 e. The number of amides is 1. The SMILES string of the molecule is CN(C(=O)c1cc(N)c(Cl)c(Cl)c1)c1ccc(F)cc1. The molecule has 1 amide bonds. The summed E-state index contributed by atoms with van der Waals surface area (Å²) in [6.07, 6.45) is 0. The monoisotopic (exact) mass is 312 g/mol. The van der Waals surface area contributed by atoms with E-state index < -0.39 is 0 Å². The van der Waals surface area contributed by atoms with E-state index in [4.69, 9.17) is 28.9 Å². The molecule has 2 rings (SSSR count). The van der Waals surface area contributed by atoms with Crippen molar-refractivity contribution in [2.75, 3.05) is 17.7 Å². The van der Waals surface area contributed by atoms with Gasteiger partial charge in [-0.05, 0) is 36.4 Å². The molecule has 3 nitrogen and oxygen atoms in total. The molecule has 104 valence electrons. The Morgan fingerprint density at radius 2 is 1.80 bits per heavy atom. The molecule has 0 unspecified atom stereocenters. The standard InChI is InChI=1S/C14H11Cl2FN2O/c1-19(10-4-2-9(17)3-5-10)14(20)8-6-11(15)13(16)12(18)7-8/h2-7H,18H2,1H3. The van der Waals surface area contributed by atoms with E-state index in [1.807, 2.05) is 0 Å². The minimum absolute atomic E-state index is 0.211. The molecule has 0 heterocycles. The smallest absolute Gasteiger partial charge is 0.258 e. The van der Waals surface area contributed by atoms with Gasteiger partial charge in [0.25, 0.3) is 5.91 Å². The van der Waals surface area contributed by atoms with Gasteiger partial charge in [-0.15, -0.1) is 0 Å². The summed E-state index contributed by atoms with van der Waals surface area (Å²) >= 11 is 11.7. The van der Waals surface area contributed by atoms with E-state index in [2.05, 4.69) is 0 Å². The Morgan fingerprint density at radius 3 is 2.35 bits per heavy atom. The van der Waals surface area contributed by atoms with Crippen LogP contribution in [0.3, 0.4) is 0 Å². The second-order valence-corrected chi connectivity index (χ2v) is 4.99. The van der Waals surface area contributed by atoms with Crippen LogP contribution in [0.25, 0.3) is 0 Å². The van der Waals surface area contributed by atoms with Gasteiger partial charge in [0.15, 0.2) is 0 Å². The number of carbonyl (C=O) groups excluding carboxylic acids is 1. The first-order valence-electron chi connectivity index (χ1n) is 5.68. The number of anilines is 2. The highest BCUT2D eigenvalue weighted by molar-refractivity contribution is 6.44. The Kier molecular flexibility index (Phi) is 4.16. The molecule has 0 aliphatic rings. The van der Waals surface area contributed by atoms with Crippen LogP contribution in [0.5, 0.6) is 0 Å². The molecule has 0 saturated carbocycles. The molecule has 2 aromatic carbocycles. The van der Waals surface area contributed by atoms with Crippen LogP contribution in [-0.4, -0.2) is 13.0 Å². The van der Waals surface area contributed by atoms with Crippen molar-refractivity contribution >= 4 is 40.5 Å². The lowest BCUT2D eigenvalue weighted by Gasteiger charge is -2.18. The number of hydrogen-bond donors (Lipinski definition) is 1. The van der Waals surface area contributed by atoms with Gasteiger partial charge in [0.2, 0.25) is 0 Å². The molecular formula is C14H11Cl2FN2O. The molecule has 0 radical (unpaired) electrons. The summed E-state index contributed by atoms with van der Waals surface area (Å²) in [7, 11) is 1.58. The second-order valence-electron chi connectivity index (χ2n) is 4.20. The summed E-state index contributed by atoms with van der Waals surface area (Å²) in [6.45, 7) is 0. The summed E-state index contributed by atoms with van der Waals surface area (Å²) in [5, 5.41) is 0.426. The number of nitrogens with two attached hydrogens (primary N) is 1. The molecule has 0 aliphatic heterocycles. The van der Waals surface area contributed by atoms with Gasteiger partial charge in [-0.25, -0.2) is 4.39 Å². The van der Waals surface area contributed by atoms with Gasteiger partial charge in [-0.1, -0.05) is 23.2 Å². The van der Waals surface area contributed by atoms with E-state index in [9.17, 15) is 9.18 Å². The highest BCUT2D eigenvalue weighted by atomic mass is 35.5. The molecule has 6 heteroatoms. The minimum atomic E-state index is -0.367. The Morgan fingerprint density at radius 1 is 1.20 bits per heavy atom. The van der Waals surface area contributed by atoms with Gasteiger partial charge in [-0.2, -0.15) is 0 Å². The molecule has 2 N–H and O–H groups in total. The Labute approximate surface area is 125 Å². The molecule has 0 fully saturated rings. The van der Waals surface area contributed by atoms with Crippen molar-refractivity contribution in [1.82, 2.24) is 0 Å². The molecule has 0 spiro atoms. The van der Waals surface area contributed by atoms with E-state index in [0.29, 0.717) is 11.3 Å². The third-order valence-corrected chi connectivity index (χ3v) is 3.64. The van der Waals surface area contributed by atoms with E-state index in [1.54, 1.807) is 7.05 Å². The van der Waals surface area contributed by atoms with Crippen LogP contribution >= 0.6 is 23.2 Å². The van der Waals surface area contributed by atoms with Gasteiger partial charge >= 0.3 is 0 Å². The summed E-state index contributed by atoms with van der Waals surface area (Å²) < 4.78 is 12.9. The number of nitrogens with zero attached hydrogens (tertiary/aromatic N) is 1. The van der Waals surface area contributed by atoms with Crippen LogP contribution in [0, 0.1) is 5.82 Å². The maximum atomic E-state index is 12.9. The van der Waals surface area contributed by atoms with Crippen LogP contribution in [0.2, 0.25) is 10.0 Å². The van der Waals surface area contributed by atoms with E-state index in [1.165, 1.54) is 41.3 Å². The quantitative estimate of drug-likeness (QED) is 0.852. The second kappa shape index (κ2) is 5.69. The number of benzene rings is 2. The molecule has 0 aromatic heterocycles. The zero-order valence-corrected chi connectivity index (χ0v) is 12.0. The van der Waals surface area contributed by atoms with Crippen molar-refractivity contribution in [3.05, 3.63) is 57.8 Å². The first-order chi connectivity index (χ1) is 9.40. The summed E-state index contributed by atoms with van der Waals surface area (Å²) in [4.78, 5) is 13.7. The Balaban J connectivity index is 2.33. The average molecular weight is 313 g/mol. The third-order valence-electron chi connectivity index (χ3n) is 2.82. The molecule has 0 atom stereocenters. The molecule has 2 aromatic rings. The first-order valence-corrected chi connectivity index (χ1v) is 6.44. The van der Waals surface area contributed by atoms with Crippen molar-refractivity contribution in [2.24, 2.45) is 0 Å². The van der Waals surface area contributed by atoms with Crippen LogP contribution in [0.1, 0.15) is 10.4 Å². The lowest BCUT2D eigenvalue weighted by Crippen LogP contribution is -2.26. The molecule has 0 saturated heterocycles. The zero-order chi connectivity index (χ0) is 14.9. The van der Waals surface area contributed by atoms with Crippen LogP contribution in [0.4, 0.5) is 15.8 Å². The van der Waals surface area contributed by atoms with Crippen molar-refractivity contribution in [1.29, 1.82) is 0 Å². The highest BCUT2D eigenvalue weighted by Crippen LogP contribution is 2.30. The van der Waals surface area contributed by atoms with E-state index in [-0.39, 0.29) is 27.5 Å². The fourth-order valence-electron chi connectivity index (χ4n) is 1.71. The van der Waals surface area contributed by atoms with Crippen molar-refractivity contribution in [2.45, 2.75) is 0 Å². The van der Waals surface area contributed by atoms with Crippen LogP contribution in [0.15, 0.2) is 36.4 Å². The summed E-state index contributed by atoms with van der Waals surface area (Å²) in [6, 6.07) is 8.48. The largest absolute Gasteiger partial charge is 0.397 e. The number of hydrogen-bond acceptors (Lipinski definition) is 2. The molecule has 20 heavy (non-hydrogen) atoms. The molecular weight excluding hydrogens is 302 g/mol. The topological polar surface area (TPSA) is 46.3 Å².